The lowest BCUT2D eigenvalue weighted by Gasteiger charge is -2.16. The molecule has 0 aliphatic heterocycles. The molecule has 1 heterocycles. The van der Waals surface area contributed by atoms with Crippen molar-refractivity contribution in [2.75, 3.05) is 5.75 Å². The molecule has 0 saturated heterocycles. The zero-order valence-corrected chi connectivity index (χ0v) is 14.1. The van der Waals surface area contributed by atoms with Gasteiger partial charge in [0.15, 0.2) is 0 Å². The van der Waals surface area contributed by atoms with Gasteiger partial charge in [-0.1, -0.05) is 51.1 Å². The van der Waals surface area contributed by atoms with Crippen molar-refractivity contribution < 1.29 is 9.53 Å². The summed E-state index contributed by atoms with van der Waals surface area (Å²) in [6, 6.07) is 10.00. The van der Waals surface area contributed by atoms with Crippen molar-refractivity contribution in [2.45, 2.75) is 32.1 Å². The number of hydrogen-bond acceptors (Lipinski definition) is 5. The third-order valence-electron chi connectivity index (χ3n) is 2.57. The highest BCUT2D eigenvalue weighted by Crippen LogP contribution is 2.26. The Morgan fingerprint density at radius 3 is 2.67 bits per heavy atom. The average Bonchev–Trinajstić information content (AvgIpc) is 2.92. The Balaban J connectivity index is 1.85. The molecule has 0 spiro atoms. The molecule has 5 heteroatoms. The number of esters is 1. The number of benzene rings is 1. The number of carbonyl (C=O) groups is 1. The molecule has 0 aliphatic rings. The van der Waals surface area contributed by atoms with E-state index in [4.69, 9.17) is 4.74 Å². The lowest BCUT2D eigenvalue weighted by Crippen LogP contribution is -2.14. The maximum absolute atomic E-state index is 11.7. The van der Waals surface area contributed by atoms with Crippen LogP contribution < -0.4 is 0 Å². The van der Waals surface area contributed by atoms with Crippen LogP contribution in [0.4, 0.5) is 0 Å². The minimum Gasteiger partial charge on any atom is -0.459 e. The van der Waals surface area contributed by atoms with E-state index in [1.807, 2.05) is 30.3 Å². The Kier molecular flexibility index (Phi) is 5.42. The molecule has 2 rings (SSSR count). The van der Waals surface area contributed by atoms with Crippen molar-refractivity contribution in [3.8, 4) is 10.6 Å². The molecule has 2 aromatic rings. The minimum atomic E-state index is -0.176. The smallest absolute Gasteiger partial charge is 0.316 e. The van der Waals surface area contributed by atoms with Crippen LogP contribution in [0.15, 0.2) is 36.5 Å². The summed E-state index contributed by atoms with van der Waals surface area (Å²) in [6.45, 7) is 6.55. The molecule has 0 fully saturated rings. The molecule has 0 bridgehead atoms. The van der Waals surface area contributed by atoms with Crippen LogP contribution in [0.5, 0.6) is 0 Å². The summed E-state index contributed by atoms with van der Waals surface area (Å²) in [6.07, 6.45) is 1.77. The molecule has 0 amide bonds. The second kappa shape index (κ2) is 7.09. The van der Waals surface area contributed by atoms with E-state index >= 15 is 0 Å². The molecule has 0 radical (unpaired) electrons. The van der Waals surface area contributed by atoms with Crippen molar-refractivity contribution in [1.82, 2.24) is 4.98 Å². The van der Waals surface area contributed by atoms with Crippen molar-refractivity contribution in [2.24, 2.45) is 0 Å². The molecule has 1 aromatic carbocycles. The Bertz CT molecular complexity index is 588. The number of thioether (sulfide) groups is 1. The SMILES string of the molecule is CC(C)(C)SCC(=O)OCc1cnc(-c2ccccc2)s1. The molecule has 0 saturated carbocycles. The van der Waals surface area contributed by atoms with Crippen LogP contribution in [0.1, 0.15) is 25.6 Å². The van der Waals surface area contributed by atoms with E-state index in [0.717, 1.165) is 15.4 Å². The fourth-order valence-corrected chi connectivity index (χ4v) is 3.02. The summed E-state index contributed by atoms with van der Waals surface area (Å²) >= 11 is 3.15. The van der Waals surface area contributed by atoms with Gasteiger partial charge in [-0.25, -0.2) is 4.98 Å². The van der Waals surface area contributed by atoms with E-state index in [1.54, 1.807) is 29.3 Å². The number of hydrogen-bond donors (Lipinski definition) is 0. The number of thiazole rings is 1. The topological polar surface area (TPSA) is 39.2 Å². The van der Waals surface area contributed by atoms with Crippen LogP contribution in [-0.2, 0) is 16.1 Å². The van der Waals surface area contributed by atoms with Gasteiger partial charge in [-0.3, -0.25) is 4.79 Å². The maximum atomic E-state index is 11.7. The van der Waals surface area contributed by atoms with Crippen LogP contribution >= 0.6 is 23.1 Å². The monoisotopic (exact) mass is 321 g/mol. The predicted molar refractivity (Wildman–Crippen MR) is 89.6 cm³/mol. The summed E-state index contributed by atoms with van der Waals surface area (Å²) in [5.74, 6) is 0.206. The van der Waals surface area contributed by atoms with E-state index in [-0.39, 0.29) is 10.7 Å². The lowest BCUT2D eigenvalue weighted by molar-refractivity contribution is -0.141. The number of rotatable bonds is 5. The first-order chi connectivity index (χ1) is 9.94. The zero-order valence-electron chi connectivity index (χ0n) is 12.5. The summed E-state index contributed by atoms with van der Waals surface area (Å²) in [5, 5.41) is 0.950. The van der Waals surface area contributed by atoms with Gasteiger partial charge in [0.05, 0.1) is 10.6 Å². The summed E-state index contributed by atoms with van der Waals surface area (Å²) in [5.41, 5.74) is 1.09. The standard InChI is InChI=1S/C16H19NO2S2/c1-16(2,3)20-11-14(18)19-10-13-9-17-15(21-13)12-7-5-4-6-8-12/h4-9H,10-11H2,1-3H3. The Morgan fingerprint density at radius 2 is 2.00 bits per heavy atom. The van der Waals surface area contributed by atoms with Gasteiger partial charge in [-0.15, -0.1) is 23.1 Å². The first kappa shape index (κ1) is 16.0. The van der Waals surface area contributed by atoms with E-state index in [2.05, 4.69) is 25.8 Å². The highest BCUT2D eigenvalue weighted by Gasteiger charge is 2.14. The number of ether oxygens (including phenoxy) is 1. The van der Waals surface area contributed by atoms with Gasteiger partial charge in [-0.2, -0.15) is 0 Å². The molecule has 0 atom stereocenters. The highest BCUT2D eigenvalue weighted by atomic mass is 32.2. The molecule has 112 valence electrons. The molecule has 21 heavy (non-hydrogen) atoms. The first-order valence-electron chi connectivity index (χ1n) is 6.74. The van der Waals surface area contributed by atoms with Gasteiger partial charge < -0.3 is 4.74 Å². The van der Waals surface area contributed by atoms with Gasteiger partial charge in [0.25, 0.3) is 0 Å². The molecule has 0 N–H and O–H groups in total. The summed E-state index contributed by atoms with van der Waals surface area (Å²) in [4.78, 5) is 17.0. The quantitative estimate of drug-likeness (QED) is 0.766. The summed E-state index contributed by atoms with van der Waals surface area (Å²) in [7, 11) is 0. The van der Waals surface area contributed by atoms with E-state index in [0.29, 0.717) is 12.4 Å². The Hall–Kier alpha value is -1.33. The lowest BCUT2D eigenvalue weighted by atomic mass is 10.2. The van der Waals surface area contributed by atoms with Crippen LogP contribution in [0.3, 0.4) is 0 Å². The van der Waals surface area contributed by atoms with Crippen LogP contribution in [0.2, 0.25) is 0 Å². The third-order valence-corrected chi connectivity index (χ3v) is 4.84. The molecule has 0 unspecified atom stereocenters. The van der Waals surface area contributed by atoms with Gasteiger partial charge in [0.1, 0.15) is 11.6 Å². The molecular weight excluding hydrogens is 302 g/mol. The fourth-order valence-electron chi connectivity index (χ4n) is 1.56. The molecule has 1 aromatic heterocycles. The largest absolute Gasteiger partial charge is 0.459 e. The number of carbonyl (C=O) groups excluding carboxylic acids is 1. The summed E-state index contributed by atoms with van der Waals surface area (Å²) < 4.78 is 5.36. The molecule has 0 aliphatic carbocycles. The normalized spacial score (nSPS) is 11.4. The van der Waals surface area contributed by atoms with Crippen molar-refractivity contribution in [3.05, 3.63) is 41.4 Å². The fraction of sp³-hybridized carbons (Fsp3) is 0.375. The van der Waals surface area contributed by atoms with Crippen LogP contribution in [0, 0.1) is 0 Å². The van der Waals surface area contributed by atoms with Gasteiger partial charge in [0.2, 0.25) is 0 Å². The van der Waals surface area contributed by atoms with E-state index < -0.39 is 0 Å². The third kappa shape index (κ3) is 5.52. The number of aromatic nitrogens is 1. The maximum Gasteiger partial charge on any atom is 0.316 e. The van der Waals surface area contributed by atoms with Gasteiger partial charge in [0, 0.05) is 16.5 Å². The van der Waals surface area contributed by atoms with Crippen LogP contribution in [-0.4, -0.2) is 21.5 Å². The van der Waals surface area contributed by atoms with Gasteiger partial charge >= 0.3 is 5.97 Å². The Morgan fingerprint density at radius 1 is 1.29 bits per heavy atom. The first-order valence-corrected chi connectivity index (χ1v) is 8.54. The van der Waals surface area contributed by atoms with E-state index in [1.165, 1.54) is 0 Å². The number of nitrogens with zero attached hydrogens (tertiary/aromatic N) is 1. The Labute approximate surface area is 133 Å². The second-order valence-corrected chi connectivity index (χ2v) is 8.48. The van der Waals surface area contributed by atoms with Crippen molar-refractivity contribution in [3.63, 3.8) is 0 Å². The average molecular weight is 321 g/mol. The second-order valence-electron chi connectivity index (χ2n) is 5.56. The van der Waals surface area contributed by atoms with E-state index in [9.17, 15) is 4.79 Å². The highest BCUT2D eigenvalue weighted by molar-refractivity contribution is 8.01. The van der Waals surface area contributed by atoms with Gasteiger partial charge in [-0.05, 0) is 0 Å². The molecular formula is C16H19NO2S2. The van der Waals surface area contributed by atoms with Crippen molar-refractivity contribution in [1.29, 1.82) is 0 Å². The van der Waals surface area contributed by atoms with Crippen molar-refractivity contribution >= 4 is 29.1 Å². The zero-order chi connectivity index (χ0) is 15.3. The molecule has 3 nitrogen and oxygen atoms in total. The van der Waals surface area contributed by atoms with Crippen LogP contribution in [0.25, 0.3) is 10.6 Å². The predicted octanol–water partition coefficient (Wildman–Crippen LogP) is 4.39. The minimum absolute atomic E-state index is 0.0734.